The predicted octanol–water partition coefficient (Wildman–Crippen LogP) is 0.0937. The van der Waals surface area contributed by atoms with Gasteiger partial charge in [-0.1, -0.05) is 0 Å². The van der Waals surface area contributed by atoms with E-state index in [-0.39, 0.29) is 36.4 Å². The normalized spacial score (nSPS) is 24.1. The van der Waals surface area contributed by atoms with Gasteiger partial charge in [0.05, 0.1) is 7.11 Å². The molecule has 1 saturated heterocycles. The minimum atomic E-state index is -0.469. The molecule has 0 aliphatic carbocycles. The van der Waals surface area contributed by atoms with E-state index in [2.05, 4.69) is 10.1 Å². The Morgan fingerprint density at radius 2 is 2.20 bits per heavy atom. The van der Waals surface area contributed by atoms with E-state index in [0.717, 1.165) is 0 Å². The highest BCUT2D eigenvalue weighted by Gasteiger charge is 2.32. The third kappa shape index (κ3) is 4.24. The lowest BCUT2D eigenvalue weighted by atomic mass is 10.2. The average Bonchev–Trinajstić information content (AvgIpc) is 2.65. The van der Waals surface area contributed by atoms with E-state index >= 15 is 0 Å². The molecule has 2 atom stereocenters. The molecular formula is C8H13Cl2NO4. The lowest BCUT2D eigenvalue weighted by Gasteiger charge is -2.09. The number of hydrogen-bond donors (Lipinski definition) is 1. The van der Waals surface area contributed by atoms with Crippen LogP contribution >= 0.6 is 24.0 Å². The average molecular weight is 258 g/mol. The van der Waals surface area contributed by atoms with Crippen LogP contribution in [0.3, 0.4) is 0 Å². The van der Waals surface area contributed by atoms with Crippen molar-refractivity contribution < 1.29 is 19.1 Å². The van der Waals surface area contributed by atoms with Crippen LogP contribution in [0.5, 0.6) is 0 Å². The molecular weight excluding hydrogens is 245 g/mol. The second kappa shape index (κ2) is 6.87. The molecule has 0 spiro atoms. The largest absolute Gasteiger partial charge is 0.468 e. The Kier molecular flexibility index (Phi) is 6.63. The lowest BCUT2D eigenvalue weighted by Crippen LogP contribution is -2.31. The summed E-state index contributed by atoms with van der Waals surface area (Å²) in [4.78, 5) is 21.9. The van der Waals surface area contributed by atoms with E-state index in [1.54, 1.807) is 0 Å². The monoisotopic (exact) mass is 257 g/mol. The second-order valence-electron chi connectivity index (χ2n) is 2.97. The first-order chi connectivity index (χ1) is 6.67. The van der Waals surface area contributed by atoms with Crippen molar-refractivity contribution in [2.45, 2.75) is 18.6 Å². The van der Waals surface area contributed by atoms with Crippen LogP contribution < -0.4 is 5.32 Å². The van der Waals surface area contributed by atoms with E-state index in [0.29, 0.717) is 13.0 Å². The summed E-state index contributed by atoms with van der Waals surface area (Å²) >= 11 is 5.27. The number of methoxy groups -OCH3 is 1. The van der Waals surface area contributed by atoms with Crippen molar-refractivity contribution in [3.8, 4) is 0 Å². The summed E-state index contributed by atoms with van der Waals surface area (Å²) in [6.45, 7) is 0.461. The Morgan fingerprint density at radius 1 is 1.53 bits per heavy atom. The molecule has 2 unspecified atom stereocenters. The number of hydrogen-bond acceptors (Lipinski definition) is 5. The quantitative estimate of drug-likeness (QED) is 0.574. The fraction of sp³-hybridized carbons (Fsp3) is 0.750. The summed E-state index contributed by atoms with van der Waals surface area (Å²) in [5.74, 6) is -0.974. The fourth-order valence-corrected chi connectivity index (χ4v) is 1.40. The molecule has 15 heavy (non-hydrogen) atoms. The maximum Gasteiger partial charge on any atom is 0.323 e. The van der Waals surface area contributed by atoms with Crippen LogP contribution in [0.25, 0.3) is 0 Å². The van der Waals surface area contributed by atoms with Crippen molar-refractivity contribution in [2.24, 2.45) is 0 Å². The van der Waals surface area contributed by atoms with E-state index in [4.69, 9.17) is 16.3 Å². The zero-order valence-electron chi connectivity index (χ0n) is 8.20. The molecule has 1 N–H and O–H groups in total. The van der Waals surface area contributed by atoms with Crippen LogP contribution in [0, 0.1) is 0 Å². The zero-order chi connectivity index (χ0) is 10.6. The molecule has 0 aromatic rings. The molecule has 5 nitrogen and oxygen atoms in total. The molecule has 1 aliphatic heterocycles. The Balaban J connectivity index is 0.00000196. The molecule has 0 aromatic heterocycles. The van der Waals surface area contributed by atoms with Crippen molar-refractivity contribution in [3.05, 3.63) is 0 Å². The third-order valence-corrected chi connectivity index (χ3v) is 2.20. The van der Waals surface area contributed by atoms with Gasteiger partial charge < -0.3 is 14.8 Å². The van der Waals surface area contributed by atoms with E-state index in [1.165, 1.54) is 7.11 Å². The molecule has 1 fully saturated rings. The predicted molar refractivity (Wildman–Crippen MR) is 56.3 cm³/mol. The van der Waals surface area contributed by atoms with Gasteiger partial charge >= 0.3 is 11.9 Å². The van der Waals surface area contributed by atoms with Gasteiger partial charge in [-0.3, -0.25) is 9.59 Å². The van der Waals surface area contributed by atoms with Gasteiger partial charge in [0.15, 0.2) is 0 Å². The lowest BCUT2D eigenvalue weighted by molar-refractivity contribution is -0.147. The van der Waals surface area contributed by atoms with E-state index in [1.807, 2.05) is 0 Å². The minimum absolute atomic E-state index is 0. The summed E-state index contributed by atoms with van der Waals surface area (Å²) in [5, 5.41) is 2.89. The van der Waals surface area contributed by atoms with Gasteiger partial charge in [0.25, 0.3) is 0 Å². The van der Waals surface area contributed by atoms with Crippen LogP contribution in [0.4, 0.5) is 0 Å². The highest BCUT2D eigenvalue weighted by atomic mass is 35.5. The first kappa shape index (κ1) is 14.5. The fourth-order valence-electron chi connectivity index (χ4n) is 1.33. The van der Waals surface area contributed by atoms with Gasteiger partial charge in [0.1, 0.15) is 18.0 Å². The molecule has 0 saturated carbocycles. The molecule has 88 valence electrons. The number of nitrogens with one attached hydrogen (secondary N) is 1. The maximum atomic E-state index is 11.1. The summed E-state index contributed by atoms with van der Waals surface area (Å²) < 4.78 is 9.49. The third-order valence-electron chi connectivity index (χ3n) is 1.98. The van der Waals surface area contributed by atoms with Crippen LogP contribution in [-0.2, 0) is 19.1 Å². The van der Waals surface area contributed by atoms with Gasteiger partial charge in [-0.05, 0) is 0 Å². The topological polar surface area (TPSA) is 64.6 Å². The summed E-state index contributed by atoms with van der Waals surface area (Å²) in [6, 6.07) is -0.381. The second-order valence-corrected chi connectivity index (χ2v) is 3.23. The molecule has 1 heterocycles. The SMILES string of the molecule is COC(=O)C1CC(OC(=O)CCl)CN1.Cl. The van der Waals surface area contributed by atoms with E-state index in [9.17, 15) is 9.59 Å². The molecule has 0 amide bonds. The molecule has 0 bridgehead atoms. The Morgan fingerprint density at radius 3 is 2.73 bits per heavy atom. The van der Waals surface area contributed by atoms with E-state index < -0.39 is 5.97 Å². The Bertz CT molecular complexity index is 237. The smallest absolute Gasteiger partial charge is 0.323 e. The number of esters is 2. The Hall–Kier alpha value is -0.520. The Labute approximate surface area is 98.8 Å². The van der Waals surface area contributed by atoms with Gasteiger partial charge in [-0.15, -0.1) is 24.0 Å². The highest BCUT2D eigenvalue weighted by molar-refractivity contribution is 6.26. The van der Waals surface area contributed by atoms with Crippen LogP contribution in [0.2, 0.25) is 0 Å². The number of carbonyl (C=O) groups excluding carboxylic acids is 2. The van der Waals surface area contributed by atoms with Crippen molar-refractivity contribution in [3.63, 3.8) is 0 Å². The van der Waals surface area contributed by atoms with Gasteiger partial charge in [-0.25, -0.2) is 0 Å². The van der Waals surface area contributed by atoms with Gasteiger partial charge in [0, 0.05) is 13.0 Å². The van der Waals surface area contributed by atoms with Crippen molar-refractivity contribution in [2.75, 3.05) is 19.5 Å². The number of alkyl halides is 1. The summed E-state index contributed by atoms with van der Waals surface area (Å²) in [6.07, 6.45) is 0.153. The molecule has 1 rings (SSSR count). The van der Waals surface area contributed by atoms with Crippen molar-refractivity contribution in [1.82, 2.24) is 5.32 Å². The van der Waals surface area contributed by atoms with Crippen LogP contribution in [-0.4, -0.2) is 43.6 Å². The number of ether oxygens (including phenoxy) is 2. The molecule has 1 aliphatic rings. The number of rotatable bonds is 3. The van der Waals surface area contributed by atoms with Crippen molar-refractivity contribution >= 4 is 35.9 Å². The summed E-state index contributed by atoms with van der Waals surface area (Å²) in [7, 11) is 1.32. The first-order valence-corrected chi connectivity index (χ1v) is 4.77. The minimum Gasteiger partial charge on any atom is -0.468 e. The zero-order valence-corrected chi connectivity index (χ0v) is 9.77. The van der Waals surface area contributed by atoms with Crippen LogP contribution in [0.15, 0.2) is 0 Å². The molecule has 0 aromatic carbocycles. The van der Waals surface area contributed by atoms with Crippen molar-refractivity contribution in [1.29, 1.82) is 0 Å². The standard InChI is InChI=1S/C8H12ClNO4.ClH/c1-13-8(12)6-2-5(4-10-6)14-7(11)3-9;/h5-6,10H,2-4H2,1H3;1H. The maximum absolute atomic E-state index is 11.1. The summed E-state index contributed by atoms with van der Waals surface area (Å²) in [5.41, 5.74) is 0. The van der Waals surface area contributed by atoms with Crippen LogP contribution in [0.1, 0.15) is 6.42 Å². The van der Waals surface area contributed by atoms with Gasteiger partial charge in [-0.2, -0.15) is 0 Å². The molecule has 0 radical (unpaired) electrons. The number of halogens is 2. The first-order valence-electron chi connectivity index (χ1n) is 4.24. The highest BCUT2D eigenvalue weighted by Crippen LogP contribution is 2.11. The van der Waals surface area contributed by atoms with Gasteiger partial charge in [0.2, 0.25) is 0 Å². The molecule has 7 heteroatoms. The number of carbonyl (C=O) groups is 2.